The van der Waals surface area contributed by atoms with Gasteiger partial charge in [0.15, 0.2) is 6.61 Å². The fraction of sp³-hybridized carbons (Fsp3) is 0.333. The molecule has 0 N–H and O–H groups in total. The Balaban J connectivity index is 1.33. The molecule has 1 aromatic heterocycles. The van der Waals surface area contributed by atoms with Crippen LogP contribution in [0.5, 0.6) is 11.5 Å². The minimum atomic E-state index is -0.633. The highest BCUT2D eigenvalue weighted by atomic mass is 16.5. The number of nitrogens with zero attached hydrogens (tertiary/aromatic N) is 1. The van der Waals surface area contributed by atoms with Crippen LogP contribution in [0.1, 0.15) is 51.6 Å². The molecule has 0 aliphatic carbocycles. The maximum absolute atomic E-state index is 13.2. The van der Waals surface area contributed by atoms with Crippen LogP contribution >= 0.6 is 0 Å². The average Bonchev–Trinajstić information content (AvgIpc) is 3.44. The van der Waals surface area contributed by atoms with Gasteiger partial charge in [0.1, 0.15) is 17.4 Å². The Kier molecular flexibility index (Phi) is 5.77. The maximum atomic E-state index is 13.2. The number of aromatic nitrogens is 1. The van der Waals surface area contributed by atoms with Gasteiger partial charge in [0, 0.05) is 41.2 Å². The Morgan fingerprint density at radius 2 is 1.70 bits per heavy atom. The van der Waals surface area contributed by atoms with Gasteiger partial charge in [-0.2, -0.15) is 0 Å². The Hall–Kier alpha value is -3.38. The molecule has 6 heteroatoms. The molecule has 1 saturated heterocycles. The molecule has 2 aliphatic rings. The van der Waals surface area contributed by atoms with E-state index in [9.17, 15) is 9.59 Å². The van der Waals surface area contributed by atoms with Crippen molar-refractivity contribution in [3.8, 4) is 11.5 Å². The van der Waals surface area contributed by atoms with E-state index in [2.05, 4.69) is 4.57 Å². The Labute approximate surface area is 193 Å². The summed E-state index contributed by atoms with van der Waals surface area (Å²) >= 11 is 0. The lowest BCUT2D eigenvalue weighted by Crippen LogP contribution is -2.24. The molecule has 2 aromatic carbocycles. The van der Waals surface area contributed by atoms with Crippen molar-refractivity contribution in [3.63, 3.8) is 0 Å². The van der Waals surface area contributed by atoms with Crippen LogP contribution in [0, 0.1) is 13.8 Å². The molecule has 0 saturated carbocycles. The fourth-order valence-corrected chi connectivity index (χ4v) is 4.82. The molecule has 170 valence electrons. The second-order valence-electron chi connectivity index (χ2n) is 8.67. The van der Waals surface area contributed by atoms with Crippen LogP contribution in [0.25, 0.3) is 0 Å². The Morgan fingerprint density at radius 3 is 2.33 bits per heavy atom. The van der Waals surface area contributed by atoms with Crippen LogP contribution in [0.4, 0.5) is 0 Å². The Morgan fingerprint density at radius 1 is 1.03 bits per heavy atom. The number of carbonyl (C=O) groups excluding carboxylic acids is 2. The molecule has 3 heterocycles. The van der Waals surface area contributed by atoms with Gasteiger partial charge in [-0.25, -0.2) is 0 Å². The van der Waals surface area contributed by atoms with Crippen molar-refractivity contribution < 1.29 is 23.8 Å². The van der Waals surface area contributed by atoms with Gasteiger partial charge in [0.2, 0.25) is 5.78 Å². The van der Waals surface area contributed by atoms with Crippen LogP contribution in [0.15, 0.2) is 54.6 Å². The van der Waals surface area contributed by atoms with Crippen molar-refractivity contribution in [2.45, 2.75) is 45.3 Å². The minimum absolute atomic E-state index is 0.184. The van der Waals surface area contributed by atoms with Crippen molar-refractivity contribution in [2.75, 3.05) is 13.2 Å². The van der Waals surface area contributed by atoms with E-state index >= 15 is 0 Å². The van der Waals surface area contributed by atoms with Gasteiger partial charge in [-0.15, -0.1) is 0 Å². The Bertz CT molecular complexity index is 1160. The quantitative estimate of drug-likeness (QED) is 0.397. The number of hydrogen-bond acceptors (Lipinski definition) is 5. The largest absolute Gasteiger partial charge is 0.457 e. The summed E-state index contributed by atoms with van der Waals surface area (Å²) in [4.78, 5) is 26.2. The average molecular weight is 446 g/mol. The summed E-state index contributed by atoms with van der Waals surface area (Å²) in [6, 6.07) is 16.7. The first-order valence-corrected chi connectivity index (χ1v) is 11.4. The highest BCUT2D eigenvalue weighted by molar-refractivity contribution is 5.99. The van der Waals surface area contributed by atoms with Crippen LogP contribution in [0.3, 0.4) is 0 Å². The van der Waals surface area contributed by atoms with E-state index in [0.29, 0.717) is 17.1 Å². The predicted molar refractivity (Wildman–Crippen MR) is 123 cm³/mol. The fourth-order valence-electron chi connectivity index (χ4n) is 4.82. The van der Waals surface area contributed by atoms with Crippen molar-refractivity contribution >= 4 is 11.8 Å². The van der Waals surface area contributed by atoms with Gasteiger partial charge in [-0.1, -0.05) is 36.4 Å². The standard InChI is InChI=1S/C27H27NO5/c1-17-14-22(18(2)28(17)15-19-8-7-13-31-19)23(29)16-32-27(30)26-20-9-3-5-11-24(20)33-25-12-6-4-10-21(25)26/h3-6,9-12,14,19,26H,7-8,13,15-16H2,1-2H3/t19-/m0/s1. The summed E-state index contributed by atoms with van der Waals surface area (Å²) in [7, 11) is 0. The van der Waals surface area contributed by atoms with Gasteiger partial charge in [0.25, 0.3) is 0 Å². The van der Waals surface area contributed by atoms with Crippen LogP contribution in [0.2, 0.25) is 0 Å². The molecule has 1 fully saturated rings. The molecular weight excluding hydrogens is 418 g/mol. The molecule has 2 aliphatic heterocycles. The number of carbonyl (C=O) groups is 2. The van der Waals surface area contributed by atoms with E-state index in [1.807, 2.05) is 68.4 Å². The highest BCUT2D eigenvalue weighted by Gasteiger charge is 2.34. The second-order valence-corrected chi connectivity index (χ2v) is 8.67. The number of ether oxygens (including phenoxy) is 3. The number of aryl methyl sites for hydroxylation is 1. The highest BCUT2D eigenvalue weighted by Crippen LogP contribution is 2.44. The predicted octanol–water partition coefficient (Wildman–Crippen LogP) is 4.95. The van der Waals surface area contributed by atoms with E-state index < -0.39 is 11.9 Å². The first-order chi connectivity index (χ1) is 16.0. The van der Waals surface area contributed by atoms with Crippen LogP contribution in [-0.2, 0) is 20.8 Å². The third-order valence-corrected chi connectivity index (χ3v) is 6.55. The molecule has 0 unspecified atom stereocenters. The van der Waals surface area contributed by atoms with Gasteiger partial charge in [-0.3, -0.25) is 9.59 Å². The van der Waals surface area contributed by atoms with E-state index in [-0.39, 0.29) is 18.5 Å². The molecule has 33 heavy (non-hydrogen) atoms. The molecule has 0 amide bonds. The van der Waals surface area contributed by atoms with Gasteiger partial charge in [-0.05, 0) is 44.9 Å². The van der Waals surface area contributed by atoms with Gasteiger partial charge < -0.3 is 18.8 Å². The van der Waals surface area contributed by atoms with Crippen molar-refractivity contribution in [1.29, 1.82) is 0 Å². The third kappa shape index (κ3) is 4.07. The number of rotatable bonds is 6. The first kappa shape index (κ1) is 21.5. The minimum Gasteiger partial charge on any atom is -0.457 e. The van der Waals surface area contributed by atoms with Crippen molar-refractivity contribution in [2.24, 2.45) is 0 Å². The molecule has 3 aromatic rings. The number of fused-ring (bicyclic) bond motifs is 2. The topological polar surface area (TPSA) is 66.8 Å². The summed E-state index contributed by atoms with van der Waals surface area (Å²) in [5.74, 6) is -0.0430. The number of esters is 1. The molecule has 6 nitrogen and oxygen atoms in total. The van der Waals surface area contributed by atoms with E-state index in [1.165, 1.54) is 0 Å². The molecule has 0 bridgehead atoms. The number of para-hydroxylation sites is 2. The summed E-state index contributed by atoms with van der Waals surface area (Å²) in [6.07, 6.45) is 2.29. The number of Topliss-reactive ketones (excluding diaryl/α,β-unsaturated/α-hetero) is 1. The van der Waals surface area contributed by atoms with E-state index in [0.717, 1.165) is 48.5 Å². The third-order valence-electron chi connectivity index (χ3n) is 6.55. The number of ketones is 1. The van der Waals surface area contributed by atoms with Crippen LogP contribution < -0.4 is 4.74 Å². The molecule has 5 rings (SSSR count). The molecule has 0 spiro atoms. The zero-order valence-electron chi connectivity index (χ0n) is 18.9. The lowest BCUT2D eigenvalue weighted by molar-refractivity contribution is -0.143. The summed E-state index contributed by atoms with van der Waals surface area (Å²) < 4.78 is 19.4. The van der Waals surface area contributed by atoms with E-state index in [4.69, 9.17) is 14.2 Å². The SMILES string of the molecule is Cc1cc(C(=O)COC(=O)C2c3ccccc3Oc3ccccc32)c(C)n1C[C@@H]1CCCO1. The van der Waals surface area contributed by atoms with Gasteiger partial charge in [0.05, 0.1) is 6.10 Å². The zero-order valence-corrected chi connectivity index (χ0v) is 18.9. The maximum Gasteiger partial charge on any atom is 0.318 e. The summed E-state index contributed by atoms with van der Waals surface area (Å²) in [5.41, 5.74) is 3.95. The first-order valence-electron chi connectivity index (χ1n) is 11.4. The number of hydrogen-bond donors (Lipinski definition) is 0. The van der Waals surface area contributed by atoms with Crippen molar-refractivity contribution in [1.82, 2.24) is 4.57 Å². The lowest BCUT2D eigenvalue weighted by Gasteiger charge is -2.26. The van der Waals surface area contributed by atoms with Crippen LogP contribution in [-0.4, -0.2) is 35.6 Å². The monoisotopic (exact) mass is 445 g/mol. The van der Waals surface area contributed by atoms with Crippen molar-refractivity contribution in [3.05, 3.63) is 82.7 Å². The van der Waals surface area contributed by atoms with Gasteiger partial charge >= 0.3 is 5.97 Å². The summed E-state index contributed by atoms with van der Waals surface area (Å²) in [5, 5.41) is 0. The smallest absolute Gasteiger partial charge is 0.318 e. The zero-order chi connectivity index (χ0) is 22.9. The molecular formula is C27H27NO5. The molecule has 1 atom stereocenters. The number of benzene rings is 2. The molecule has 0 radical (unpaired) electrons. The lowest BCUT2D eigenvalue weighted by atomic mass is 9.88. The van der Waals surface area contributed by atoms with E-state index in [1.54, 1.807) is 0 Å². The summed E-state index contributed by atoms with van der Waals surface area (Å²) in [6.45, 7) is 5.15. The second kappa shape index (κ2) is 8.87. The normalized spacial score (nSPS) is 17.2.